The van der Waals surface area contributed by atoms with Gasteiger partial charge in [-0.25, -0.2) is 0 Å². The van der Waals surface area contributed by atoms with Gasteiger partial charge < -0.3 is 5.73 Å². The lowest BCUT2D eigenvalue weighted by Crippen LogP contribution is -2.08. The normalized spacial score (nSPS) is 15.5. The molecule has 1 heterocycles. The predicted molar refractivity (Wildman–Crippen MR) is 68.5 cm³/mol. The summed E-state index contributed by atoms with van der Waals surface area (Å²) in [6.07, 6.45) is 4.04. The van der Waals surface area contributed by atoms with Crippen molar-refractivity contribution in [2.24, 2.45) is 0 Å². The first-order valence-corrected chi connectivity index (χ1v) is 6.02. The van der Waals surface area contributed by atoms with Gasteiger partial charge in [-0.2, -0.15) is 0 Å². The molecule has 1 aromatic carbocycles. The highest BCUT2D eigenvalue weighted by Gasteiger charge is 2.18. The second-order valence-corrected chi connectivity index (χ2v) is 4.59. The van der Waals surface area contributed by atoms with E-state index in [1.807, 2.05) is 6.07 Å². The van der Waals surface area contributed by atoms with Crippen LogP contribution in [-0.2, 0) is 0 Å². The predicted octanol–water partition coefficient (Wildman–Crippen LogP) is 2.99. The highest BCUT2D eigenvalue weighted by Crippen LogP contribution is 2.36. The van der Waals surface area contributed by atoms with E-state index in [0.717, 1.165) is 17.2 Å². The number of nitrogens with two attached hydrogens (primary N) is 1. The molecule has 1 aliphatic rings. The SMILES string of the molecule is Nc1ccc(-c2ccc(C3CCC3)cc2)nn1. The molecule has 2 aromatic rings. The molecule has 0 saturated heterocycles. The molecule has 1 fully saturated rings. The van der Waals surface area contributed by atoms with Crippen molar-refractivity contribution in [2.75, 3.05) is 5.73 Å². The van der Waals surface area contributed by atoms with Gasteiger partial charge >= 0.3 is 0 Å². The molecular formula is C14H15N3. The molecule has 0 spiro atoms. The zero-order chi connectivity index (χ0) is 11.7. The van der Waals surface area contributed by atoms with Gasteiger partial charge in [-0.15, -0.1) is 10.2 Å². The quantitative estimate of drug-likeness (QED) is 0.854. The molecule has 86 valence electrons. The maximum atomic E-state index is 5.52. The minimum Gasteiger partial charge on any atom is -0.382 e. The summed E-state index contributed by atoms with van der Waals surface area (Å²) in [5.41, 5.74) is 8.94. The first-order chi connectivity index (χ1) is 8.33. The smallest absolute Gasteiger partial charge is 0.146 e. The summed E-state index contributed by atoms with van der Waals surface area (Å²) in [7, 11) is 0. The molecule has 0 aliphatic heterocycles. The summed E-state index contributed by atoms with van der Waals surface area (Å²) in [4.78, 5) is 0. The van der Waals surface area contributed by atoms with Crippen LogP contribution >= 0.6 is 0 Å². The minimum absolute atomic E-state index is 0.458. The Morgan fingerprint density at radius 2 is 1.71 bits per heavy atom. The van der Waals surface area contributed by atoms with Gasteiger partial charge in [0.1, 0.15) is 5.82 Å². The van der Waals surface area contributed by atoms with Crippen LogP contribution in [-0.4, -0.2) is 10.2 Å². The van der Waals surface area contributed by atoms with Gasteiger partial charge in [0, 0.05) is 5.56 Å². The Hall–Kier alpha value is -1.90. The van der Waals surface area contributed by atoms with Gasteiger partial charge in [-0.05, 0) is 36.5 Å². The fraction of sp³-hybridized carbons (Fsp3) is 0.286. The molecule has 3 heteroatoms. The Morgan fingerprint density at radius 1 is 0.941 bits per heavy atom. The Kier molecular flexibility index (Phi) is 2.52. The van der Waals surface area contributed by atoms with E-state index in [1.165, 1.54) is 24.8 Å². The maximum Gasteiger partial charge on any atom is 0.146 e. The van der Waals surface area contributed by atoms with Gasteiger partial charge in [0.25, 0.3) is 0 Å². The van der Waals surface area contributed by atoms with Crippen LogP contribution in [0.2, 0.25) is 0 Å². The fourth-order valence-electron chi connectivity index (χ4n) is 2.16. The van der Waals surface area contributed by atoms with E-state index in [0.29, 0.717) is 5.82 Å². The fourth-order valence-corrected chi connectivity index (χ4v) is 2.16. The van der Waals surface area contributed by atoms with Crippen molar-refractivity contribution >= 4 is 5.82 Å². The van der Waals surface area contributed by atoms with Crippen molar-refractivity contribution in [2.45, 2.75) is 25.2 Å². The van der Waals surface area contributed by atoms with Crippen LogP contribution < -0.4 is 5.73 Å². The Balaban J connectivity index is 1.86. The molecule has 17 heavy (non-hydrogen) atoms. The lowest BCUT2D eigenvalue weighted by molar-refractivity contribution is 0.420. The van der Waals surface area contributed by atoms with Crippen molar-refractivity contribution in [1.29, 1.82) is 0 Å². The average Bonchev–Trinajstić information content (AvgIpc) is 2.29. The zero-order valence-corrected chi connectivity index (χ0v) is 9.63. The summed E-state index contributed by atoms with van der Waals surface area (Å²) in [5.74, 6) is 1.24. The molecule has 3 nitrogen and oxygen atoms in total. The lowest BCUT2D eigenvalue weighted by Gasteiger charge is -2.25. The Morgan fingerprint density at radius 3 is 2.24 bits per heavy atom. The zero-order valence-electron chi connectivity index (χ0n) is 9.63. The first kappa shape index (κ1) is 10.3. The Bertz CT molecular complexity index is 498. The van der Waals surface area contributed by atoms with Gasteiger partial charge in [-0.1, -0.05) is 30.7 Å². The van der Waals surface area contributed by atoms with E-state index in [9.17, 15) is 0 Å². The number of nitrogen functional groups attached to an aromatic ring is 1. The minimum atomic E-state index is 0.458. The summed E-state index contributed by atoms with van der Waals surface area (Å²) in [6.45, 7) is 0. The highest BCUT2D eigenvalue weighted by atomic mass is 15.1. The second-order valence-electron chi connectivity index (χ2n) is 4.59. The number of nitrogens with zero attached hydrogens (tertiary/aromatic N) is 2. The molecule has 1 saturated carbocycles. The maximum absolute atomic E-state index is 5.52. The van der Waals surface area contributed by atoms with E-state index < -0.39 is 0 Å². The van der Waals surface area contributed by atoms with E-state index in [4.69, 9.17) is 5.73 Å². The van der Waals surface area contributed by atoms with Crippen LogP contribution in [0, 0.1) is 0 Å². The third-order valence-electron chi connectivity index (χ3n) is 3.47. The average molecular weight is 225 g/mol. The number of aromatic nitrogens is 2. The molecule has 0 bridgehead atoms. The number of rotatable bonds is 2. The van der Waals surface area contributed by atoms with Gasteiger partial charge in [0.2, 0.25) is 0 Å². The largest absolute Gasteiger partial charge is 0.382 e. The monoisotopic (exact) mass is 225 g/mol. The van der Waals surface area contributed by atoms with Crippen LogP contribution in [0.1, 0.15) is 30.7 Å². The van der Waals surface area contributed by atoms with Crippen LogP contribution in [0.5, 0.6) is 0 Å². The molecule has 0 atom stereocenters. The molecule has 2 N–H and O–H groups in total. The highest BCUT2D eigenvalue weighted by molar-refractivity contribution is 5.59. The number of anilines is 1. The van der Waals surface area contributed by atoms with Crippen molar-refractivity contribution in [3.05, 3.63) is 42.0 Å². The van der Waals surface area contributed by atoms with Crippen LogP contribution in [0.15, 0.2) is 36.4 Å². The molecule has 3 rings (SSSR count). The van der Waals surface area contributed by atoms with Crippen molar-refractivity contribution in [3.8, 4) is 11.3 Å². The van der Waals surface area contributed by atoms with Crippen LogP contribution in [0.25, 0.3) is 11.3 Å². The standard InChI is InChI=1S/C14H15N3/c15-14-9-8-13(16-17-14)12-6-4-11(5-7-12)10-2-1-3-10/h4-10H,1-3H2,(H2,15,17). The Labute approximate surface area is 101 Å². The third kappa shape index (κ3) is 2.00. The van der Waals surface area contributed by atoms with Crippen molar-refractivity contribution in [1.82, 2.24) is 10.2 Å². The third-order valence-corrected chi connectivity index (χ3v) is 3.47. The summed E-state index contributed by atoms with van der Waals surface area (Å²) >= 11 is 0. The molecule has 0 radical (unpaired) electrons. The lowest BCUT2D eigenvalue weighted by atomic mass is 9.80. The van der Waals surface area contributed by atoms with Crippen molar-refractivity contribution < 1.29 is 0 Å². The summed E-state index contributed by atoms with van der Waals surface area (Å²) in [6, 6.07) is 12.3. The number of hydrogen-bond donors (Lipinski definition) is 1. The molecule has 1 aliphatic carbocycles. The molecule has 0 unspecified atom stereocenters. The summed E-state index contributed by atoms with van der Waals surface area (Å²) < 4.78 is 0. The van der Waals surface area contributed by atoms with E-state index in [2.05, 4.69) is 34.5 Å². The van der Waals surface area contributed by atoms with Crippen molar-refractivity contribution in [3.63, 3.8) is 0 Å². The number of benzene rings is 1. The van der Waals surface area contributed by atoms with Gasteiger partial charge in [0.15, 0.2) is 0 Å². The second kappa shape index (κ2) is 4.17. The first-order valence-electron chi connectivity index (χ1n) is 6.02. The van der Waals surface area contributed by atoms with E-state index in [1.54, 1.807) is 6.07 Å². The van der Waals surface area contributed by atoms with Gasteiger partial charge in [0.05, 0.1) is 5.69 Å². The molecule has 1 aromatic heterocycles. The van der Waals surface area contributed by atoms with Gasteiger partial charge in [-0.3, -0.25) is 0 Å². The van der Waals surface area contributed by atoms with E-state index in [-0.39, 0.29) is 0 Å². The van der Waals surface area contributed by atoms with E-state index >= 15 is 0 Å². The molecular weight excluding hydrogens is 210 g/mol. The van der Waals surface area contributed by atoms with Crippen LogP contribution in [0.4, 0.5) is 5.82 Å². The van der Waals surface area contributed by atoms with Crippen LogP contribution in [0.3, 0.4) is 0 Å². The topological polar surface area (TPSA) is 51.8 Å². The number of hydrogen-bond acceptors (Lipinski definition) is 3. The summed E-state index contributed by atoms with van der Waals surface area (Å²) in [5, 5.41) is 7.95. The molecule has 0 amide bonds.